The van der Waals surface area contributed by atoms with Gasteiger partial charge in [0.2, 0.25) is 12.6 Å². The first-order chi connectivity index (χ1) is 6.60. The van der Waals surface area contributed by atoms with Gasteiger partial charge in [0.25, 0.3) is 0 Å². The predicted octanol–water partition coefficient (Wildman–Crippen LogP) is -1.46. The Morgan fingerprint density at radius 3 is 1.64 bits per heavy atom. The molecule has 0 bridgehead atoms. The Morgan fingerprint density at radius 1 is 1.00 bits per heavy atom. The Bertz CT molecular complexity index is 144. The van der Waals surface area contributed by atoms with Crippen LogP contribution in [0.2, 0.25) is 0 Å². The molecule has 4 N–H and O–H groups in total. The van der Waals surface area contributed by atoms with Crippen molar-refractivity contribution in [3.05, 3.63) is 0 Å². The standard InChI is InChI=1S/C7H14O7/c8-3-1-5(10)13-7(12)14-6(11)2-4-9/h5-6,8-11H,1-4H2. The van der Waals surface area contributed by atoms with Crippen molar-refractivity contribution in [2.75, 3.05) is 13.2 Å². The van der Waals surface area contributed by atoms with E-state index in [1.807, 2.05) is 0 Å². The van der Waals surface area contributed by atoms with Gasteiger partial charge in [-0.15, -0.1) is 0 Å². The molecule has 0 fully saturated rings. The van der Waals surface area contributed by atoms with Crippen molar-refractivity contribution in [3.8, 4) is 0 Å². The monoisotopic (exact) mass is 210 g/mol. The molecule has 0 aromatic heterocycles. The summed E-state index contributed by atoms with van der Waals surface area (Å²) >= 11 is 0. The fraction of sp³-hybridized carbons (Fsp3) is 0.857. The molecule has 2 unspecified atom stereocenters. The molecule has 7 heteroatoms. The number of aliphatic hydroxyl groups is 4. The van der Waals surface area contributed by atoms with Crippen molar-refractivity contribution in [3.63, 3.8) is 0 Å². The molecule has 0 aromatic rings. The largest absolute Gasteiger partial charge is 0.512 e. The molecule has 0 spiro atoms. The molecule has 0 heterocycles. The molecule has 84 valence electrons. The maximum atomic E-state index is 10.7. The number of carbonyl (C=O) groups is 1. The van der Waals surface area contributed by atoms with E-state index in [4.69, 9.17) is 20.4 Å². The molecule has 0 radical (unpaired) electrons. The van der Waals surface area contributed by atoms with Crippen LogP contribution in [0, 0.1) is 0 Å². The average molecular weight is 210 g/mol. The summed E-state index contributed by atoms with van der Waals surface area (Å²) in [6.45, 7) is -0.679. The van der Waals surface area contributed by atoms with E-state index in [0.717, 1.165) is 0 Å². The molecule has 0 saturated carbocycles. The molecule has 2 atom stereocenters. The summed E-state index contributed by atoms with van der Waals surface area (Å²) in [6.07, 6.45) is -4.45. The first-order valence-corrected chi connectivity index (χ1v) is 4.05. The zero-order valence-corrected chi connectivity index (χ0v) is 7.50. The minimum Gasteiger partial charge on any atom is -0.404 e. The van der Waals surface area contributed by atoms with Crippen LogP contribution in [0.15, 0.2) is 0 Å². The van der Waals surface area contributed by atoms with Crippen LogP contribution in [-0.4, -0.2) is 52.4 Å². The van der Waals surface area contributed by atoms with Crippen LogP contribution in [0.4, 0.5) is 4.79 Å². The van der Waals surface area contributed by atoms with Crippen molar-refractivity contribution in [1.29, 1.82) is 0 Å². The molecule has 0 amide bonds. The Labute approximate surface area is 80.5 Å². The number of carbonyl (C=O) groups excluding carboxylic acids is 1. The van der Waals surface area contributed by atoms with Crippen molar-refractivity contribution in [1.82, 2.24) is 0 Å². The van der Waals surface area contributed by atoms with Gasteiger partial charge in [-0.1, -0.05) is 0 Å². The molecular formula is C7H14O7. The third kappa shape index (κ3) is 6.61. The first-order valence-electron chi connectivity index (χ1n) is 4.05. The summed E-state index contributed by atoms with van der Waals surface area (Å²) in [6, 6.07) is 0. The van der Waals surface area contributed by atoms with Gasteiger partial charge in [-0.25, -0.2) is 4.79 Å². The second-order valence-electron chi connectivity index (χ2n) is 2.42. The summed E-state index contributed by atoms with van der Waals surface area (Å²) in [5.41, 5.74) is 0. The van der Waals surface area contributed by atoms with E-state index in [2.05, 4.69) is 9.47 Å². The average Bonchev–Trinajstić information content (AvgIpc) is 2.03. The number of aliphatic hydroxyl groups excluding tert-OH is 4. The maximum absolute atomic E-state index is 10.7. The third-order valence-electron chi connectivity index (χ3n) is 1.22. The van der Waals surface area contributed by atoms with Crippen LogP contribution in [0.3, 0.4) is 0 Å². The van der Waals surface area contributed by atoms with E-state index in [9.17, 15) is 4.79 Å². The highest BCUT2D eigenvalue weighted by Crippen LogP contribution is 2.00. The Balaban J connectivity index is 3.63. The minimum atomic E-state index is -1.46. The smallest absolute Gasteiger partial charge is 0.404 e. The summed E-state index contributed by atoms with van der Waals surface area (Å²) in [5, 5.41) is 34.4. The minimum absolute atomic E-state index is 0.134. The van der Waals surface area contributed by atoms with Crippen molar-refractivity contribution in [2.24, 2.45) is 0 Å². The second kappa shape index (κ2) is 7.51. The molecule has 0 saturated heterocycles. The normalized spacial score (nSPS) is 14.6. The lowest BCUT2D eigenvalue weighted by molar-refractivity contribution is -0.133. The van der Waals surface area contributed by atoms with Gasteiger partial charge < -0.3 is 29.9 Å². The van der Waals surface area contributed by atoms with E-state index >= 15 is 0 Å². The molecule has 0 aliphatic rings. The van der Waals surface area contributed by atoms with Crippen LogP contribution in [-0.2, 0) is 9.47 Å². The van der Waals surface area contributed by atoms with Gasteiger partial charge in [-0.3, -0.25) is 0 Å². The third-order valence-corrected chi connectivity index (χ3v) is 1.22. The number of hydrogen-bond acceptors (Lipinski definition) is 7. The lowest BCUT2D eigenvalue weighted by Gasteiger charge is -2.13. The Morgan fingerprint density at radius 2 is 1.36 bits per heavy atom. The SMILES string of the molecule is O=C(OC(O)CCO)OC(O)CCO. The second-order valence-corrected chi connectivity index (χ2v) is 2.42. The van der Waals surface area contributed by atoms with Gasteiger partial charge in [0.1, 0.15) is 0 Å². The zero-order chi connectivity index (χ0) is 11.0. The molecule has 14 heavy (non-hydrogen) atoms. The molecule has 0 aliphatic heterocycles. The summed E-state index contributed by atoms with van der Waals surface area (Å²) in [7, 11) is 0. The highest BCUT2D eigenvalue weighted by atomic mass is 16.8. The summed E-state index contributed by atoms with van der Waals surface area (Å²) < 4.78 is 8.40. The van der Waals surface area contributed by atoms with Crippen molar-refractivity contribution in [2.45, 2.75) is 25.4 Å². The summed E-state index contributed by atoms with van der Waals surface area (Å²) in [5.74, 6) is 0. The van der Waals surface area contributed by atoms with Crippen LogP contribution < -0.4 is 0 Å². The molecular weight excluding hydrogens is 196 g/mol. The van der Waals surface area contributed by atoms with E-state index in [-0.39, 0.29) is 26.1 Å². The fourth-order valence-electron chi connectivity index (χ4n) is 0.589. The van der Waals surface area contributed by atoms with Gasteiger partial charge in [0, 0.05) is 26.1 Å². The van der Waals surface area contributed by atoms with Gasteiger partial charge in [-0.2, -0.15) is 0 Å². The summed E-state index contributed by atoms with van der Waals surface area (Å²) in [4.78, 5) is 10.7. The van der Waals surface area contributed by atoms with Crippen LogP contribution in [0.1, 0.15) is 12.8 Å². The molecule has 0 aliphatic carbocycles. The van der Waals surface area contributed by atoms with Gasteiger partial charge in [-0.05, 0) is 0 Å². The lowest BCUT2D eigenvalue weighted by atomic mass is 10.4. The fourth-order valence-corrected chi connectivity index (χ4v) is 0.589. The van der Waals surface area contributed by atoms with Gasteiger partial charge in [0.15, 0.2) is 0 Å². The highest BCUT2D eigenvalue weighted by molar-refractivity contribution is 5.60. The van der Waals surface area contributed by atoms with Crippen LogP contribution >= 0.6 is 0 Å². The number of hydrogen-bond donors (Lipinski definition) is 4. The van der Waals surface area contributed by atoms with Gasteiger partial charge in [0.05, 0.1) is 0 Å². The Kier molecular flexibility index (Phi) is 7.03. The quantitative estimate of drug-likeness (QED) is 0.312. The van der Waals surface area contributed by atoms with Crippen molar-refractivity contribution >= 4 is 6.16 Å². The Hall–Kier alpha value is -0.890. The van der Waals surface area contributed by atoms with E-state index in [1.54, 1.807) is 0 Å². The van der Waals surface area contributed by atoms with Crippen LogP contribution in [0.5, 0.6) is 0 Å². The van der Waals surface area contributed by atoms with E-state index in [0.29, 0.717) is 0 Å². The predicted molar refractivity (Wildman–Crippen MR) is 43.0 cm³/mol. The number of ether oxygens (including phenoxy) is 2. The number of rotatable bonds is 6. The topological polar surface area (TPSA) is 116 Å². The highest BCUT2D eigenvalue weighted by Gasteiger charge is 2.15. The molecule has 0 rings (SSSR count). The zero-order valence-electron chi connectivity index (χ0n) is 7.50. The molecule has 0 aromatic carbocycles. The lowest BCUT2D eigenvalue weighted by Crippen LogP contribution is -2.24. The molecule has 7 nitrogen and oxygen atoms in total. The maximum Gasteiger partial charge on any atom is 0.512 e. The van der Waals surface area contributed by atoms with Crippen LogP contribution in [0.25, 0.3) is 0 Å². The van der Waals surface area contributed by atoms with Crippen molar-refractivity contribution < 1.29 is 34.7 Å². The van der Waals surface area contributed by atoms with E-state index in [1.165, 1.54) is 0 Å². The first kappa shape index (κ1) is 13.1. The van der Waals surface area contributed by atoms with Gasteiger partial charge >= 0.3 is 6.16 Å². The van der Waals surface area contributed by atoms with E-state index < -0.39 is 18.7 Å².